The van der Waals surface area contributed by atoms with Crippen molar-refractivity contribution in [3.63, 3.8) is 0 Å². The molecule has 2 fully saturated rings. The van der Waals surface area contributed by atoms with E-state index < -0.39 is 0 Å². The van der Waals surface area contributed by atoms with Crippen molar-refractivity contribution in [2.24, 2.45) is 13.0 Å². The Labute approximate surface area is 142 Å². The predicted molar refractivity (Wildman–Crippen MR) is 91.4 cm³/mol. The Morgan fingerprint density at radius 2 is 1.96 bits per heavy atom. The molecular formula is C18H25N5O. The molecule has 1 aliphatic carbocycles. The molecule has 6 nitrogen and oxygen atoms in total. The third-order valence-electron chi connectivity index (χ3n) is 5.58. The first-order chi connectivity index (χ1) is 11.7. The summed E-state index contributed by atoms with van der Waals surface area (Å²) in [6.45, 7) is 1.66. The molecule has 1 atom stereocenters. The highest BCUT2D eigenvalue weighted by atomic mass is 16.2. The molecule has 0 N–H and O–H groups in total. The first kappa shape index (κ1) is 15.5. The lowest BCUT2D eigenvalue weighted by Crippen LogP contribution is -2.39. The Morgan fingerprint density at radius 1 is 1.17 bits per heavy atom. The van der Waals surface area contributed by atoms with Crippen molar-refractivity contribution in [2.45, 2.75) is 50.9 Å². The summed E-state index contributed by atoms with van der Waals surface area (Å²) in [5.41, 5.74) is 2.70. The predicted octanol–water partition coefficient (Wildman–Crippen LogP) is 2.65. The molecule has 2 aromatic heterocycles. The van der Waals surface area contributed by atoms with E-state index in [1.165, 1.54) is 25.7 Å². The molecule has 2 aliphatic rings. The van der Waals surface area contributed by atoms with E-state index in [4.69, 9.17) is 0 Å². The van der Waals surface area contributed by atoms with E-state index in [0.717, 1.165) is 49.2 Å². The van der Waals surface area contributed by atoms with Gasteiger partial charge >= 0.3 is 0 Å². The fraction of sp³-hybridized carbons (Fsp3) is 0.667. The lowest BCUT2D eigenvalue weighted by molar-refractivity contribution is -0.133. The van der Waals surface area contributed by atoms with Gasteiger partial charge in [0.25, 0.3) is 0 Å². The first-order valence-electron chi connectivity index (χ1n) is 9.14. The minimum Gasteiger partial charge on any atom is -0.342 e. The monoisotopic (exact) mass is 327 g/mol. The third kappa shape index (κ3) is 2.89. The summed E-state index contributed by atoms with van der Waals surface area (Å²) in [6, 6.07) is 0. The minimum absolute atomic E-state index is 0.270. The van der Waals surface area contributed by atoms with Crippen molar-refractivity contribution < 1.29 is 4.79 Å². The molecule has 0 aromatic carbocycles. The highest BCUT2D eigenvalue weighted by Gasteiger charge is 2.30. The van der Waals surface area contributed by atoms with Crippen LogP contribution < -0.4 is 0 Å². The number of fused-ring (bicyclic) bond motifs is 1. The number of likely N-dealkylation sites (tertiary alicyclic amines) is 1. The first-order valence-corrected chi connectivity index (χ1v) is 9.14. The van der Waals surface area contributed by atoms with E-state index in [-0.39, 0.29) is 5.92 Å². The maximum absolute atomic E-state index is 12.7. The van der Waals surface area contributed by atoms with Crippen molar-refractivity contribution in [1.29, 1.82) is 0 Å². The molecule has 1 saturated heterocycles. The van der Waals surface area contributed by atoms with Gasteiger partial charge in [0.1, 0.15) is 5.52 Å². The molecule has 1 amide bonds. The van der Waals surface area contributed by atoms with Crippen LogP contribution in [-0.4, -0.2) is 43.6 Å². The van der Waals surface area contributed by atoms with Gasteiger partial charge in [-0.15, -0.1) is 0 Å². The van der Waals surface area contributed by atoms with Crippen LogP contribution in [0.1, 0.15) is 56.6 Å². The zero-order valence-corrected chi connectivity index (χ0v) is 14.3. The van der Waals surface area contributed by atoms with Gasteiger partial charge in [-0.2, -0.15) is 5.10 Å². The average molecular weight is 327 g/mol. The fourth-order valence-electron chi connectivity index (χ4n) is 4.30. The molecule has 4 rings (SSSR count). The number of nitrogens with zero attached hydrogens (tertiary/aromatic N) is 5. The van der Waals surface area contributed by atoms with Gasteiger partial charge in [-0.1, -0.05) is 12.8 Å². The molecule has 0 unspecified atom stereocenters. The Bertz CT molecular complexity index is 734. The highest BCUT2D eigenvalue weighted by molar-refractivity contribution is 5.77. The number of aryl methyl sites for hydroxylation is 1. The highest BCUT2D eigenvalue weighted by Crippen LogP contribution is 2.32. The number of carbonyl (C=O) groups is 1. The van der Waals surface area contributed by atoms with Crippen molar-refractivity contribution in [1.82, 2.24) is 24.6 Å². The molecular weight excluding hydrogens is 302 g/mol. The Balaban J connectivity index is 1.50. The standard InChI is InChI=1S/C18H25N5O/c1-22-18-17(19-8-9-20-18)16(21-22)14-7-4-10-23(12-14)15(24)11-13-5-2-3-6-13/h8-9,13-14H,2-7,10-12H2,1H3/t14-/m1/s1. The lowest BCUT2D eigenvalue weighted by Gasteiger charge is -2.32. The van der Waals surface area contributed by atoms with Gasteiger partial charge in [0.05, 0.1) is 5.69 Å². The zero-order chi connectivity index (χ0) is 16.5. The van der Waals surface area contributed by atoms with E-state index in [0.29, 0.717) is 11.8 Å². The summed E-state index contributed by atoms with van der Waals surface area (Å²) in [4.78, 5) is 23.6. The molecule has 0 bridgehead atoms. The topological polar surface area (TPSA) is 63.9 Å². The summed E-state index contributed by atoms with van der Waals surface area (Å²) in [5.74, 6) is 1.21. The minimum atomic E-state index is 0.270. The normalized spacial score (nSPS) is 22.4. The van der Waals surface area contributed by atoms with Gasteiger partial charge in [0, 0.05) is 44.9 Å². The molecule has 2 aromatic rings. The van der Waals surface area contributed by atoms with Gasteiger partial charge in [0.15, 0.2) is 5.65 Å². The summed E-state index contributed by atoms with van der Waals surface area (Å²) < 4.78 is 1.80. The second-order valence-corrected chi connectivity index (χ2v) is 7.27. The number of rotatable bonds is 3. The largest absolute Gasteiger partial charge is 0.342 e. The van der Waals surface area contributed by atoms with Crippen molar-refractivity contribution in [2.75, 3.05) is 13.1 Å². The maximum atomic E-state index is 12.7. The molecule has 24 heavy (non-hydrogen) atoms. The zero-order valence-electron chi connectivity index (χ0n) is 14.3. The molecule has 1 aliphatic heterocycles. The average Bonchev–Trinajstić information content (AvgIpc) is 3.23. The van der Waals surface area contributed by atoms with Gasteiger partial charge in [0.2, 0.25) is 5.91 Å². The van der Waals surface area contributed by atoms with Crippen LogP contribution in [0.5, 0.6) is 0 Å². The third-order valence-corrected chi connectivity index (χ3v) is 5.58. The maximum Gasteiger partial charge on any atom is 0.222 e. The number of hydrogen-bond donors (Lipinski definition) is 0. The number of amides is 1. The van der Waals surface area contributed by atoms with Crippen molar-refractivity contribution >= 4 is 17.1 Å². The summed E-state index contributed by atoms with van der Waals surface area (Å²) in [5, 5.41) is 4.66. The quantitative estimate of drug-likeness (QED) is 0.869. The van der Waals surface area contributed by atoms with Crippen LogP contribution in [0.4, 0.5) is 0 Å². The van der Waals surface area contributed by atoms with Gasteiger partial charge in [-0.25, -0.2) is 14.6 Å². The van der Waals surface area contributed by atoms with E-state index in [1.54, 1.807) is 17.1 Å². The summed E-state index contributed by atoms with van der Waals surface area (Å²) in [6.07, 6.45) is 11.3. The van der Waals surface area contributed by atoms with Gasteiger partial charge in [-0.3, -0.25) is 4.79 Å². The number of piperidine rings is 1. The lowest BCUT2D eigenvalue weighted by atomic mass is 9.93. The van der Waals surface area contributed by atoms with Crippen LogP contribution in [0.15, 0.2) is 12.4 Å². The van der Waals surface area contributed by atoms with Crippen LogP contribution in [0.25, 0.3) is 11.2 Å². The number of hydrogen-bond acceptors (Lipinski definition) is 4. The fourth-order valence-corrected chi connectivity index (χ4v) is 4.30. The van der Waals surface area contributed by atoms with E-state index >= 15 is 0 Å². The van der Waals surface area contributed by atoms with Crippen LogP contribution in [0.2, 0.25) is 0 Å². The van der Waals surface area contributed by atoms with E-state index in [9.17, 15) is 4.79 Å². The number of aromatic nitrogens is 4. The van der Waals surface area contributed by atoms with Gasteiger partial charge in [-0.05, 0) is 31.6 Å². The van der Waals surface area contributed by atoms with Crippen LogP contribution in [0, 0.1) is 5.92 Å². The number of carbonyl (C=O) groups excluding carboxylic acids is 1. The molecule has 1 saturated carbocycles. The van der Waals surface area contributed by atoms with Crippen LogP contribution in [-0.2, 0) is 11.8 Å². The second kappa shape index (κ2) is 6.49. The summed E-state index contributed by atoms with van der Waals surface area (Å²) >= 11 is 0. The molecule has 3 heterocycles. The van der Waals surface area contributed by atoms with Gasteiger partial charge < -0.3 is 4.90 Å². The molecule has 128 valence electrons. The molecule has 0 spiro atoms. The Hall–Kier alpha value is -1.98. The second-order valence-electron chi connectivity index (χ2n) is 7.27. The summed E-state index contributed by atoms with van der Waals surface area (Å²) in [7, 11) is 1.91. The van der Waals surface area contributed by atoms with E-state index in [1.807, 2.05) is 7.05 Å². The van der Waals surface area contributed by atoms with E-state index in [2.05, 4.69) is 20.0 Å². The van der Waals surface area contributed by atoms with Crippen LogP contribution in [0.3, 0.4) is 0 Å². The smallest absolute Gasteiger partial charge is 0.222 e. The van der Waals surface area contributed by atoms with Crippen LogP contribution >= 0.6 is 0 Å². The molecule has 6 heteroatoms. The Morgan fingerprint density at radius 3 is 2.79 bits per heavy atom. The SMILES string of the molecule is Cn1nc([C@@H]2CCCN(C(=O)CC3CCCC3)C2)c2nccnc21. The Kier molecular flexibility index (Phi) is 4.21. The van der Waals surface area contributed by atoms with Crippen molar-refractivity contribution in [3.05, 3.63) is 18.1 Å². The van der Waals surface area contributed by atoms with Crippen molar-refractivity contribution in [3.8, 4) is 0 Å². The molecule has 0 radical (unpaired) electrons.